The minimum Gasteiger partial charge on any atom is -0.372 e. The predicted octanol–water partition coefficient (Wildman–Crippen LogP) is 3.15. The van der Waals surface area contributed by atoms with Crippen molar-refractivity contribution < 1.29 is 8.42 Å². The van der Waals surface area contributed by atoms with Crippen LogP contribution in [0.1, 0.15) is 25.0 Å². The number of hydrogen-bond acceptors (Lipinski definition) is 3. The first kappa shape index (κ1) is 17.5. The van der Waals surface area contributed by atoms with Gasteiger partial charge in [0.05, 0.1) is 5.75 Å². The van der Waals surface area contributed by atoms with E-state index in [2.05, 4.69) is 23.5 Å². The van der Waals surface area contributed by atoms with Crippen molar-refractivity contribution in [3.63, 3.8) is 0 Å². The summed E-state index contributed by atoms with van der Waals surface area (Å²) in [6, 6.07) is 17.2. The second kappa shape index (κ2) is 8.13. The summed E-state index contributed by atoms with van der Waals surface area (Å²) in [5, 5.41) is 0. The maximum absolute atomic E-state index is 12.1. The van der Waals surface area contributed by atoms with Gasteiger partial charge >= 0.3 is 0 Å². The zero-order chi connectivity index (χ0) is 16.7. The van der Waals surface area contributed by atoms with Crippen LogP contribution in [-0.4, -0.2) is 21.5 Å². The van der Waals surface area contributed by atoms with Crippen LogP contribution in [0.25, 0.3) is 0 Å². The molecule has 2 aromatic carbocycles. The molecule has 23 heavy (non-hydrogen) atoms. The molecule has 0 fully saturated rings. The molecule has 0 aliphatic carbocycles. The highest BCUT2D eigenvalue weighted by Gasteiger charge is 2.11. The van der Waals surface area contributed by atoms with Crippen molar-refractivity contribution in [3.05, 3.63) is 65.7 Å². The highest BCUT2D eigenvalue weighted by atomic mass is 32.2. The molecule has 0 saturated heterocycles. The van der Waals surface area contributed by atoms with E-state index in [1.54, 1.807) is 0 Å². The van der Waals surface area contributed by atoms with E-state index in [0.29, 0.717) is 6.54 Å². The van der Waals surface area contributed by atoms with E-state index >= 15 is 0 Å². The van der Waals surface area contributed by atoms with Crippen molar-refractivity contribution >= 4 is 15.7 Å². The standard InChI is InChI=1S/C18H24N2O2S/c1-3-20(4-2)18-12-10-16(11-13-18)14-19-23(21,22)15-17-8-6-5-7-9-17/h5-13,19H,3-4,14-15H2,1-2H3. The van der Waals surface area contributed by atoms with Crippen LogP contribution in [0.4, 0.5) is 5.69 Å². The Kier molecular flexibility index (Phi) is 6.19. The average molecular weight is 332 g/mol. The molecule has 0 aliphatic rings. The van der Waals surface area contributed by atoms with Gasteiger partial charge in [-0.25, -0.2) is 13.1 Å². The van der Waals surface area contributed by atoms with Crippen LogP contribution >= 0.6 is 0 Å². The van der Waals surface area contributed by atoms with Gasteiger partial charge in [-0.2, -0.15) is 0 Å². The highest BCUT2D eigenvalue weighted by Crippen LogP contribution is 2.15. The van der Waals surface area contributed by atoms with Gasteiger partial charge in [-0.15, -0.1) is 0 Å². The molecule has 5 heteroatoms. The van der Waals surface area contributed by atoms with Gasteiger partial charge in [-0.3, -0.25) is 0 Å². The van der Waals surface area contributed by atoms with Crippen molar-refractivity contribution in [1.82, 2.24) is 4.72 Å². The Bertz CT molecular complexity index is 694. The summed E-state index contributed by atoms with van der Waals surface area (Å²) in [7, 11) is -3.33. The normalized spacial score (nSPS) is 11.4. The van der Waals surface area contributed by atoms with Gasteiger partial charge in [0, 0.05) is 25.3 Å². The molecule has 0 amide bonds. The fourth-order valence-electron chi connectivity index (χ4n) is 2.45. The molecule has 0 unspecified atom stereocenters. The molecule has 2 rings (SSSR count). The zero-order valence-electron chi connectivity index (χ0n) is 13.7. The summed E-state index contributed by atoms with van der Waals surface area (Å²) in [5.41, 5.74) is 2.90. The molecular weight excluding hydrogens is 308 g/mol. The molecule has 0 atom stereocenters. The Morgan fingerprint density at radius 3 is 2.04 bits per heavy atom. The molecule has 2 aromatic rings. The summed E-state index contributed by atoms with van der Waals surface area (Å²) >= 11 is 0. The van der Waals surface area contributed by atoms with E-state index in [1.807, 2.05) is 54.6 Å². The minimum absolute atomic E-state index is 0.00533. The van der Waals surface area contributed by atoms with Crippen molar-refractivity contribution in [2.24, 2.45) is 0 Å². The Labute approximate surface area is 139 Å². The van der Waals surface area contributed by atoms with Gasteiger partial charge in [0.1, 0.15) is 0 Å². The first-order chi connectivity index (χ1) is 11.0. The Balaban J connectivity index is 1.95. The lowest BCUT2D eigenvalue weighted by atomic mass is 10.2. The fourth-order valence-corrected chi connectivity index (χ4v) is 3.57. The van der Waals surface area contributed by atoms with Crippen LogP contribution in [0.2, 0.25) is 0 Å². The number of hydrogen-bond donors (Lipinski definition) is 1. The first-order valence-corrected chi connectivity index (χ1v) is 9.54. The van der Waals surface area contributed by atoms with Crippen LogP contribution in [-0.2, 0) is 22.3 Å². The predicted molar refractivity (Wildman–Crippen MR) is 95.9 cm³/mol. The lowest BCUT2D eigenvalue weighted by Crippen LogP contribution is -2.25. The summed E-state index contributed by atoms with van der Waals surface area (Å²) < 4.78 is 26.9. The maximum Gasteiger partial charge on any atom is 0.216 e. The molecule has 0 bridgehead atoms. The SMILES string of the molecule is CCN(CC)c1ccc(CNS(=O)(=O)Cc2ccccc2)cc1. The van der Waals surface area contributed by atoms with Gasteiger partial charge in [-0.05, 0) is 37.1 Å². The Hall–Kier alpha value is -1.85. The molecule has 1 N–H and O–H groups in total. The van der Waals surface area contributed by atoms with Gasteiger partial charge in [0.2, 0.25) is 10.0 Å². The summed E-state index contributed by atoms with van der Waals surface area (Å²) in [5.74, 6) is 0.00533. The fraction of sp³-hybridized carbons (Fsp3) is 0.333. The average Bonchev–Trinajstić information content (AvgIpc) is 2.56. The molecule has 124 valence electrons. The lowest BCUT2D eigenvalue weighted by molar-refractivity contribution is 0.580. The van der Waals surface area contributed by atoms with E-state index in [9.17, 15) is 8.42 Å². The zero-order valence-corrected chi connectivity index (χ0v) is 14.5. The third-order valence-corrected chi connectivity index (χ3v) is 5.06. The number of nitrogens with one attached hydrogen (secondary N) is 1. The van der Waals surface area contributed by atoms with Crippen LogP contribution in [0.3, 0.4) is 0 Å². The molecule has 4 nitrogen and oxygen atoms in total. The molecule has 0 aromatic heterocycles. The number of nitrogens with zero attached hydrogens (tertiary/aromatic N) is 1. The van der Waals surface area contributed by atoms with E-state index in [4.69, 9.17) is 0 Å². The molecule has 0 radical (unpaired) electrons. The Morgan fingerprint density at radius 1 is 0.870 bits per heavy atom. The monoisotopic (exact) mass is 332 g/mol. The Morgan fingerprint density at radius 2 is 1.48 bits per heavy atom. The largest absolute Gasteiger partial charge is 0.372 e. The van der Waals surface area contributed by atoms with Crippen molar-refractivity contribution in [1.29, 1.82) is 0 Å². The van der Waals surface area contributed by atoms with Crippen molar-refractivity contribution in [3.8, 4) is 0 Å². The number of anilines is 1. The van der Waals surface area contributed by atoms with E-state index < -0.39 is 10.0 Å². The van der Waals surface area contributed by atoms with Crippen LogP contribution in [0, 0.1) is 0 Å². The number of rotatable bonds is 8. The van der Waals surface area contributed by atoms with E-state index in [0.717, 1.165) is 29.9 Å². The van der Waals surface area contributed by atoms with Gasteiger partial charge in [0.15, 0.2) is 0 Å². The quantitative estimate of drug-likeness (QED) is 0.808. The molecule has 0 saturated carbocycles. The maximum atomic E-state index is 12.1. The van der Waals surface area contributed by atoms with E-state index in [-0.39, 0.29) is 5.75 Å². The molecule has 0 aliphatic heterocycles. The van der Waals surface area contributed by atoms with Crippen LogP contribution in [0.15, 0.2) is 54.6 Å². The van der Waals surface area contributed by atoms with E-state index in [1.165, 1.54) is 0 Å². The number of sulfonamides is 1. The second-order valence-electron chi connectivity index (χ2n) is 5.40. The summed E-state index contributed by atoms with van der Waals surface area (Å²) in [6.07, 6.45) is 0. The van der Waals surface area contributed by atoms with Gasteiger partial charge in [-0.1, -0.05) is 42.5 Å². The summed E-state index contributed by atoms with van der Waals surface area (Å²) in [4.78, 5) is 2.25. The topological polar surface area (TPSA) is 49.4 Å². The van der Waals surface area contributed by atoms with Crippen molar-refractivity contribution in [2.75, 3.05) is 18.0 Å². The van der Waals surface area contributed by atoms with Crippen LogP contribution in [0.5, 0.6) is 0 Å². The van der Waals surface area contributed by atoms with Crippen molar-refractivity contribution in [2.45, 2.75) is 26.1 Å². The minimum atomic E-state index is -3.33. The molecular formula is C18H24N2O2S. The first-order valence-electron chi connectivity index (χ1n) is 7.89. The summed E-state index contributed by atoms with van der Waals surface area (Å²) in [6.45, 7) is 6.47. The third-order valence-electron chi connectivity index (χ3n) is 3.76. The van der Waals surface area contributed by atoms with Crippen LogP contribution < -0.4 is 9.62 Å². The smallest absolute Gasteiger partial charge is 0.216 e. The molecule has 0 spiro atoms. The highest BCUT2D eigenvalue weighted by molar-refractivity contribution is 7.88. The molecule has 0 heterocycles. The third kappa shape index (κ3) is 5.37. The number of benzene rings is 2. The van der Waals surface area contributed by atoms with Gasteiger partial charge in [0.25, 0.3) is 0 Å². The second-order valence-corrected chi connectivity index (χ2v) is 7.21. The lowest BCUT2D eigenvalue weighted by Gasteiger charge is -2.21. The van der Waals surface area contributed by atoms with Gasteiger partial charge < -0.3 is 4.90 Å².